The Morgan fingerprint density at radius 3 is 1.69 bits per heavy atom. The van der Waals surface area contributed by atoms with Crippen molar-refractivity contribution in [1.82, 2.24) is 0 Å². The first-order valence-corrected chi connectivity index (χ1v) is 7.49. The number of carbonyl (C=O) groups excluding carboxylic acids is 1. The van der Waals surface area contributed by atoms with Crippen LogP contribution < -0.4 is 0 Å². The Morgan fingerprint density at radius 2 is 1.38 bits per heavy atom. The predicted octanol–water partition coefficient (Wildman–Crippen LogP) is 5.72. The average Bonchev–Trinajstić information content (AvgIpc) is 2.41. The zero-order valence-electron chi connectivity index (χ0n) is 15.2. The van der Waals surface area contributed by atoms with Gasteiger partial charge in [0.25, 0.3) is 0 Å². The maximum absolute atomic E-state index is 13.5. The van der Waals surface area contributed by atoms with Gasteiger partial charge in [-0.25, -0.2) is 8.78 Å². The second-order valence-electron chi connectivity index (χ2n) is 7.45. The van der Waals surface area contributed by atoms with Crippen LogP contribution in [0.25, 0.3) is 0 Å². The Hall–Kier alpha value is -1.35. The van der Waals surface area contributed by atoms with E-state index in [1.807, 2.05) is 0 Å². The minimum absolute atomic E-state index is 0.584. The number of hydrogen-bond acceptors (Lipinski definition) is 2. The third-order valence-electron chi connectivity index (χ3n) is 4.10. The molecule has 0 amide bonds. The molecule has 0 bridgehead atoms. The lowest BCUT2D eigenvalue weighted by Crippen LogP contribution is -2.59. The lowest BCUT2D eigenvalue weighted by Gasteiger charge is -2.38. The van der Waals surface area contributed by atoms with E-state index in [4.69, 9.17) is 0 Å². The molecule has 0 aromatic heterocycles. The summed E-state index contributed by atoms with van der Waals surface area (Å²) in [7, 11) is 0. The summed E-state index contributed by atoms with van der Waals surface area (Å²) in [6.45, 7) is 6.64. The molecule has 0 N–H and O–H groups in total. The number of ether oxygens (including phenoxy) is 1. The fourth-order valence-corrected chi connectivity index (χ4v) is 1.94. The van der Waals surface area contributed by atoms with Crippen LogP contribution in [0.5, 0.6) is 0 Å². The Kier molecular flexibility index (Phi) is 6.96. The molecule has 10 heteroatoms. The summed E-state index contributed by atoms with van der Waals surface area (Å²) in [6, 6.07) is 0. The Bertz CT molecular complexity index is 545. The third-order valence-corrected chi connectivity index (χ3v) is 4.10. The Morgan fingerprint density at radius 1 is 0.962 bits per heavy atom. The summed E-state index contributed by atoms with van der Waals surface area (Å²) in [5.41, 5.74) is -1.88. The van der Waals surface area contributed by atoms with E-state index in [2.05, 4.69) is 4.74 Å². The molecule has 0 aromatic rings. The summed E-state index contributed by atoms with van der Waals surface area (Å²) < 4.78 is 107. The van der Waals surface area contributed by atoms with E-state index in [9.17, 15) is 39.9 Å². The van der Waals surface area contributed by atoms with E-state index in [1.54, 1.807) is 34.6 Å². The molecule has 0 heterocycles. The van der Waals surface area contributed by atoms with Crippen molar-refractivity contribution in [3.63, 3.8) is 0 Å². The van der Waals surface area contributed by atoms with Gasteiger partial charge in [0.15, 0.2) is 6.61 Å². The molecular formula is C16H22F8O2. The second-order valence-corrected chi connectivity index (χ2v) is 7.45. The standard InChI is InChI=1S/C16H22F8O2/c1-9(2)7-13(6,12(3,4)5)11(25)26-8-14(19,20)16(23,24)15(21,22)10(17)18/h7,10H,8H2,1-6H3. The van der Waals surface area contributed by atoms with E-state index in [1.165, 1.54) is 13.0 Å². The highest BCUT2D eigenvalue weighted by Gasteiger charge is 2.75. The molecule has 0 aromatic carbocycles. The van der Waals surface area contributed by atoms with Gasteiger partial charge >= 0.3 is 30.2 Å². The Labute approximate surface area is 146 Å². The fraction of sp³-hybridized carbons (Fsp3) is 0.812. The molecule has 2 nitrogen and oxygen atoms in total. The molecule has 154 valence electrons. The van der Waals surface area contributed by atoms with Crippen LogP contribution in [0.15, 0.2) is 11.6 Å². The maximum Gasteiger partial charge on any atom is 0.381 e. The van der Waals surface area contributed by atoms with Gasteiger partial charge in [0.2, 0.25) is 0 Å². The van der Waals surface area contributed by atoms with Gasteiger partial charge in [-0.3, -0.25) is 4.79 Å². The number of alkyl halides is 8. The fourth-order valence-electron chi connectivity index (χ4n) is 1.94. The van der Waals surface area contributed by atoms with Crippen LogP contribution in [0.3, 0.4) is 0 Å². The van der Waals surface area contributed by atoms with Crippen molar-refractivity contribution in [1.29, 1.82) is 0 Å². The average molecular weight is 398 g/mol. The zero-order valence-corrected chi connectivity index (χ0v) is 15.2. The minimum Gasteiger partial charge on any atom is -0.458 e. The van der Waals surface area contributed by atoms with Gasteiger partial charge in [0.05, 0.1) is 5.41 Å². The van der Waals surface area contributed by atoms with Crippen molar-refractivity contribution in [3.05, 3.63) is 11.6 Å². The summed E-state index contributed by atoms with van der Waals surface area (Å²) in [5, 5.41) is 0. The first kappa shape index (κ1) is 24.7. The topological polar surface area (TPSA) is 26.3 Å². The third kappa shape index (κ3) is 4.49. The molecular weight excluding hydrogens is 376 g/mol. The highest BCUT2D eigenvalue weighted by Crippen LogP contribution is 2.49. The SMILES string of the molecule is CC(C)=CC(C)(C(=O)OCC(F)(F)C(F)(F)C(F)(F)C(F)F)C(C)(C)C. The number of hydrogen-bond donors (Lipinski definition) is 0. The van der Waals surface area contributed by atoms with Gasteiger partial charge in [0, 0.05) is 0 Å². The number of esters is 1. The van der Waals surface area contributed by atoms with Crippen molar-refractivity contribution in [2.45, 2.75) is 65.7 Å². The van der Waals surface area contributed by atoms with Crippen molar-refractivity contribution < 1.29 is 44.7 Å². The lowest BCUT2D eigenvalue weighted by molar-refractivity contribution is -0.344. The van der Waals surface area contributed by atoms with Crippen LogP contribution >= 0.6 is 0 Å². The van der Waals surface area contributed by atoms with Crippen molar-refractivity contribution >= 4 is 5.97 Å². The first-order valence-electron chi connectivity index (χ1n) is 7.49. The number of allylic oxidation sites excluding steroid dienone is 1. The van der Waals surface area contributed by atoms with Crippen molar-refractivity contribution in [2.75, 3.05) is 6.61 Å². The van der Waals surface area contributed by atoms with Crippen molar-refractivity contribution in [2.24, 2.45) is 10.8 Å². The van der Waals surface area contributed by atoms with E-state index >= 15 is 0 Å². The van der Waals surface area contributed by atoms with Gasteiger partial charge in [-0.15, -0.1) is 0 Å². The van der Waals surface area contributed by atoms with E-state index in [0.717, 1.165) is 0 Å². The van der Waals surface area contributed by atoms with Gasteiger partial charge in [-0.2, -0.15) is 26.3 Å². The molecule has 0 spiro atoms. The summed E-state index contributed by atoms with van der Waals surface area (Å²) in [4.78, 5) is 12.2. The Balaban J connectivity index is 5.63. The molecule has 0 aliphatic carbocycles. The molecule has 0 rings (SSSR count). The molecule has 0 fully saturated rings. The number of rotatable bonds is 7. The van der Waals surface area contributed by atoms with Crippen LogP contribution in [-0.2, 0) is 9.53 Å². The summed E-state index contributed by atoms with van der Waals surface area (Å²) >= 11 is 0. The predicted molar refractivity (Wildman–Crippen MR) is 78.8 cm³/mol. The molecule has 0 aliphatic rings. The summed E-state index contributed by atoms with van der Waals surface area (Å²) in [5.74, 6) is -19.8. The second kappa shape index (κ2) is 7.34. The molecule has 0 saturated heterocycles. The van der Waals surface area contributed by atoms with Crippen LogP contribution in [-0.4, -0.2) is 36.8 Å². The highest BCUT2D eigenvalue weighted by atomic mass is 19.4. The highest BCUT2D eigenvalue weighted by molar-refractivity contribution is 5.80. The first-order chi connectivity index (χ1) is 11.2. The number of halogens is 8. The summed E-state index contributed by atoms with van der Waals surface area (Å²) in [6.07, 6.45) is -3.66. The molecule has 1 unspecified atom stereocenters. The molecule has 0 radical (unpaired) electrons. The van der Waals surface area contributed by atoms with E-state index in [-0.39, 0.29) is 0 Å². The van der Waals surface area contributed by atoms with Crippen molar-refractivity contribution in [3.8, 4) is 0 Å². The van der Waals surface area contributed by atoms with E-state index < -0.39 is 47.6 Å². The lowest BCUT2D eigenvalue weighted by atomic mass is 9.67. The monoisotopic (exact) mass is 398 g/mol. The quantitative estimate of drug-likeness (QED) is 0.312. The van der Waals surface area contributed by atoms with Gasteiger partial charge < -0.3 is 4.74 Å². The zero-order chi connectivity index (χ0) is 21.4. The van der Waals surface area contributed by atoms with Crippen LogP contribution in [0.4, 0.5) is 35.1 Å². The van der Waals surface area contributed by atoms with Gasteiger partial charge in [-0.1, -0.05) is 32.4 Å². The van der Waals surface area contributed by atoms with E-state index in [0.29, 0.717) is 5.57 Å². The van der Waals surface area contributed by atoms with Gasteiger partial charge in [0.1, 0.15) is 0 Å². The minimum atomic E-state index is -6.41. The van der Waals surface area contributed by atoms with Crippen LogP contribution in [0.2, 0.25) is 0 Å². The molecule has 1 atom stereocenters. The van der Waals surface area contributed by atoms with Crippen LogP contribution in [0, 0.1) is 10.8 Å². The van der Waals surface area contributed by atoms with Crippen LogP contribution in [0.1, 0.15) is 41.5 Å². The maximum atomic E-state index is 13.5. The molecule has 0 saturated carbocycles. The molecule has 26 heavy (non-hydrogen) atoms. The number of carbonyl (C=O) groups is 1. The molecule has 0 aliphatic heterocycles. The van der Waals surface area contributed by atoms with Gasteiger partial charge in [-0.05, 0) is 26.2 Å². The smallest absolute Gasteiger partial charge is 0.381 e. The largest absolute Gasteiger partial charge is 0.458 e. The normalized spacial score (nSPS) is 16.3.